The van der Waals surface area contributed by atoms with E-state index in [1.54, 1.807) is 0 Å². The number of furan rings is 1. The average molecular weight is 388 g/mol. The molecule has 0 amide bonds. The summed E-state index contributed by atoms with van der Waals surface area (Å²) in [6, 6.07) is 10.5. The molecule has 0 aliphatic rings. The Kier molecular flexibility index (Phi) is 5.07. The third kappa shape index (κ3) is 4.09. The van der Waals surface area contributed by atoms with Crippen LogP contribution >= 0.6 is 31.9 Å². The molecule has 1 N–H and O–H groups in total. The van der Waals surface area contributed by atoms with Crippen LogP contribution in [0.4, 0.5) is 5.69 Å². The molecule has 0 unspecified atom stereocenters. The number of nitrogens with zero attached hydrogens (tertiary/aromatic N) is 1. The van der Waals surface area contributed by atoms with Crippen molar-refractivity contribution in [2.75, 3.05) is 19.0 Å². The predicted molar refractivity (Wildman–Crippen MR) is 85.4 cm³/mol. The molecule has 0 radical (unpaired) electrons. The highest BCUT2D eigenvalue weighted by Crippen LogP contribution is 2.26. The standard InChI is InChI=1S/C14H16Br2N2O/c1-18(2)11-5-3-10(4-6-11)8-17-9-12-7-13(15)14(16)19-12/h3-7,17H,8-9H2,1-2H3. The van der Waals surface area contributed by atoms with Gasteiger partial charge in [0, 0.05) is 26.3 Å². The summed E-state index contributed by atoms with van der Waals surface area (Å²) < 4.78 is 7.18. The maximum absolute atomic E-state index is 5.50. The number of rotatable bonds is 5. The molecule has 0 spiro atoms. The van der Waals surface area contributed by atoms with E-state index in [1.807, 2.05) is 20.2 Å². The first-order valence-electron chi connectivity index (χ1n) is 5.97. The number of benzene rings is 1. The van der Waals surface area contributed by atoms with Crippen LogP contribution in [0.15, 0.2) is 43.9 Å². The van der Waals surface area contributed by atoms with Crippen LogP contribution in [-0.2, 0) is 13.1 Å². The molecule has 0 atom stereocenters. The normalized spacial score (nSPS) is 10.7. The summed E-state index contributed by atoms with van der Waals surface area (Å²) >= 11 is 6.73. The van der Waals surface area contributed by atoms with Crippen molar-refractivity contribution in [3.8, 4) is 0 Å². The molecule has 2 aromatic rings. The number of hydrogen-bond acceptors (Lipinski definition) is 3. The van der Waals surface area contributed by atoms with E-state index in [-0.39, 0.29) is 0 Å². The highest BCUT2D eigenvalue weighted by atomic mass is 79.9. The third-order valence-electron chi connectivity index (χ3n) is 2.78. The van der Waals surface area contributed by atoms with E-state index < -0.39 is 0 Å². The molecule has 0 aliphatic heterocycles. The Morgan fingerprint density at radius 2 is 1.79 bits per heavy atom. The molecule has 0 saturated carbocycles. The van der Waals surface area contributed by atoms with Gasteiger partial charge < -0.3 is 14.6 Å². The largest absolute Gasteiger partial charge is 0.452 e. The Hall–Kier alpha value is -0.780. The van der Waals surface area contributed by atoms with Crippen LogP contribution in [0, 0.1) is 0 Å². The molecular formula is C14H16Br2N2O. The van der Waals surface area contributed by atoms with Gasteiger partial charge in [-0.25, -0.2) is 0 Å². The molecule has 0 bridgehead atoms. The summed E-state index contributed by atoms with van der Waals surface area (Å²) in [7, 11) is 4.08. The van der Waals surface area contributed by atoms with Crippen molar-refractivity contribution >= 4 is 37.5 Å². The van der Waals surface area contributed by atoms with Crippen LogP contribution in [0.25, 0.3) is 0 Å². The molecule has 0 fully saturated rings. The molecule has 0 saturated heterocycles. The van der Waals surface area contributed by atoms with Crippen molar-refractivity contribution in [2.24, 2.45) is 0 Å². The first kappa shape index (κ1) is 14.6. The second kappa shape index (κ2) is 6.59. The highest BCUT2D eigenvalue weighted by molar-refractivity contribution is 9.13. The zero-order valence-electron chi connectivity index (χ0n) is 10.9. The number of anilines is 1. The molecule has 5 heteroatoms. The molecule has 0 aliphatic carbocycles. The first-order valence-corrected chi connectivity index (χ1v) is 7.55. The van der Waals surface area contributed by atoms with Gasteiger partial charge in [-0.2, -0.15) is 0 Å². The van der Waals surface area contributed by atoms with Crippen LogP contribution in [0.3, 0.4) is 0 Å². The molecular weight excluding hydrogens is 372 g/mol. The van der Waals surface area contributed by atoms with Gasteiger partial charge in [-0.1, -0.05) is 12.1 Å². The summed E-state index contributed by atoms with van der Waals surface area (Å²) in [5, 5.41) is 3.36. The smallest absolute Gasteiger partial charge is 0.183 e. The topological polar surface area (TPSA) is 28.4 Å². The van der Waals surface area contributed by atoms with Gasteiger partial charge in [-0.15, -0.1) is 0 Å². The Balaban J connectivity index is 1.85. The van der Waals surface area contributed by atoms with Crippen LogP contribution < -0.4 is 10.2 Å². The fraction of sp³-hybridized carbons (Fsp3) is 0.286. The van der Waals surface area contributed by atoms with E-state index in [0.29, 0.717) is 6.54 Å². The van der Waals surface area contributed by atoms with E-state index in [1.165, 1.54) is 11.3 Å². The van der Waals surface area contributed by atoms with Gasteiger partial charge >= 0.3 is 0 Å². The zero-order chi connectivity index (χ0) is 13.8. The minimum atomic E-state index is 0.708. The van der Waals surface area contributed by atoms with Crippen LogP contribution in [0.2, 0.25) is 0 Å². The van der Waals surface area contributed by atoms with Crippen molar-refractivity contribution in [3.05, 3.63) is 50.8 Å². The van der Waals surface area contributed by atoms with E-state index >= 15 is 0 Å². The third-order valence-corrected chi connectivity index (χ3v) is 4.49. The minimum absolute atomic E-state index is 0.708. The second-order valence-corrected chi connectivity index (χ2v) is 6.07. The average Bonchev–Trinajstić information content (AvgIpc) is 2.69. The van der Waals surface area contributed by atoms with Crippen molar-refractivity contribution in [2.45, 2.75) is 13.1 Å². The van der Waals surface area contributed by atoms with Crippen molar-refractivity contribution in [1.29, 1.82) is 0 Å². The van der Waals surface area contributed by atoms with Crippen LogP contribution in [0.5, 0.6) is 0 Å². The monoisotopic (exact) mass is 386 g/mol. The second-order valence-electron chi connectivity index (χ2n) is 4.50. The lowest BCUT2D eigenvalue weighted by Gasteiger charge is -2.12. The molecule has 1 aromatic carbocycles. The Morgan fingerprint density at radius 1 is 1.11 bits per heavy atom. The highest BCUT2D eigenvalue weighted by Gasteiger charge is 2.05. The van der Waals surface area contributed by atoms with Crippen molar-refractivity contribution < 1.29 is 4.42 Å². The first-order chi connectivity index (χ1) is 9.06. The maximum atomic E-state index is 5.50. The van der Waals surface area contributed by atoms with E-state index in [2.05, 4.69) is 66.3 Å². The lowest BCUT2D eigenvalue weighted by atomic mass is 10.2. The maximum Gasteiger partial charge on any atom is 0.183 e. The fourth-order valence-corrected chi connectivity index (χ4v) is 2.38. The Bertz CT molecular complexity index is 515. The number of nitrogens with one attached hydrogen (secondary N) is 1. The van der Waals surface area contributed by atoms with Gasteiger partial charge in [0.05, 0.1) is 11.0 Å². The van der Waals surface area contributed by atoms with Crippen LogP contribution in [0.1, 0.15) is 11.3 Å². The molecule has 1 aromatic heterocycles. The van der Waals surface area contributed by atoms with Crippen molar-refractivity contribution in [3.63, 3.8) is 0 Å². The SMILES string of the molecule is CN(C)c1ccc(CNCc2cc(Br)c(Br)o2)cc1. The summed E-state index contributed by atoms with van der Waals surface area (Å²) in [6.07, 6.45) is 0. The fourth-order valence-electron chi connectivity index (χ4n) is 1.72. The quantitative estimate of drug-likeness (QED) is 0.834. The van der Waals surface area contributed by atoms with E-state index in [9.17, 15) is 0 Å². The summed E-state index contributed by atoms with van der Waals surface area (Å²) in [5.74, 6) is 0.906. The van der Waals surface area contributed by atoms with Gasteiger partial charge in [0.1, 0.15) is 5.76 Å². The van der Waals surface area contributed by atoms with Gasteiger partial charge in [0.2, 0.25) is 0 Å². The molecule has 2 rings (SSSR count). The summed E-state index contributed by atoms with van der Waals surface area (Å²) in [6.45, 7) is 1.53. The molecule has 3 nitrogen and oxygen atoms in total. The number of halogens is 2. The van der Waals surface area contributed by atoms with E-state index in [4.69, 9.17) is 4.42 Å². The molecule has 102 valence electrons. The molecule has 1 heterocycles. The minimum Gasteiger partial charge on any atom is -0.452 e. The Morgan fingerprint density at radius 3 is 2.32 bits per heavy atom. The van der Waals surface area contributed by atoms with Crippen molar-refractivity contribution in [1.82, 2.24) is 5.32 Å². The van der Waals surface area contributed by atoms with E-state index in [0.717, 1.165) is 21.4 Å². The molecule has 19 heavy (non-hydrogen) atoms. The van der Waals surface area contributed by atoms with Gasteiger partial charge in [0.15, 0.2) is 4.67 Å². The zero-order valence-corrected chi connectivity index (χ0v) is 14.1. The van der Waals surface area contributed by atoms with Gasteiger partial charge in [-0.3, -0.25) is 0 Å². The van der Waals surface area contributed by atoms with Gasteiger partial charge in [0.25, 0.3) is 0 Å². The Labute approximate surface area is 130 Å². The summed E-state index contributed by atoms with van der Waals surface area (Å²) in [5.41, 5.74) is 2.47. The predicted octanol–water partition coefficient (Wildman–Crippen LogP) is 4.16. The lowest BCUT2D eigenvalue weighted by molar-refractivity contribution is 0.464. The van der Waals surface area contributed by atoms with Crippen LogP contribution in [-0.4, -0.2) is 14.1 Å². The lowest BCUT2D eigenvalue weighted by Crippen LogP contribution is -2.12. The number of hydrogen-bond donors (Lipinski definition) is 1. The van der Waals surface area contributed by atoms with Gasteiger partial charge in [-0.05, 0) is 55.6 Å². The summed E-state index contributed by atoms with van der Waals surface area (Å²) in [4.78, 5) is 2.09.